The van der Waals surface area contributed by atoms with Gasteiger partial charge in [-0.25, -0.2) is 0 Å². The van der Waals surface area contributed by atoms with Gasteiger partial charge in [0.05, 0.1) is 12.1 Å². The van der Waals surface area contributed by atoms with Gasteiger partial charge in [0.15, 0.2) is 0 Å². The van der Waals surface area contributed by atoms with Crippen molar-refractivity contribution in [1.29, 1.82) is 0 Å². The molecule has 0 N–H and O–H groups in total. The highest BCUT2D eigenvalue weighted by Crippen LogP contribution is 2.29. The first-order valence-electron chi connectivity index (χ1n) is 8.36. The van der Waals surface area contributed by atoms with Gasteiger partial charge in [0.25, 0.3) is 0 Å². The van der Waals surface area contributed by atoms with Gasteiger partial charge in [-0.2, -0.15) is 13.2 Å². The molecule has 25 heavy (non-hydrogen) atoms. The average molecular weight is 354 g/mol. The van der Waals surface area contributed by atoms with Crippen LogP contribution in [0.25, 0.3) is 0 Å². The molecule has 1 saturated heterocycles. The lowest BCUT2D eigenvalue weighted by Crippen LogP contribution is -2.45. The van der Waals surface area contributed by atoms with Crippen molar-refractivity contribution in [3.05, 3.63) is 47.2 Å². The number of nitrogens with zero attached hydrogens (tertiary/aromatic N) is 4. The van der Waals surface area contributed by atoms with E-state index in [-0.39, 0.29) is 0 Å². The fourth-order valence-electron chi connectivity index (χ4n) is 2.90. The maximum absolute atomic E-state index is 12.8. The molecule has 136 valence electrons. The summed E-state index contributed by atoms with van der Waals surface area (Å²) < 4.78 is 43.9. The number of aromatic nitrogens is 2. The van der Waals surface area contributed by atoms with Crippen LogP contribution in [0.4, 0.5) is 13.2 Å². The SMILES string of the molecule is CCc1nnc(CN2CCN(Cc3cccc(C(F)(F)F)c3)CC2)o1. The molecule has 8 heteroatoms. The molecule has 0 atom stereocenters. The summed E-state index contributed by atoms with van der Waals surface area (Å²) >= 11 is 0. The molecule has 1 aromatic heterocycles. The van der Waals surface area contributed by atoms with Crippen LogP contribution in [0.15, 0.2) is 28.7 Å². The Morgan fingerprint density at radius 2 is 1.64 bits per heavy atom. The van der Waals surface area contributed by atoms with Gasteiger partial charge in [0, 0.05) is 39.1 Å². The minimum Gasteiger partial charge on any atom is -0.424 e. The van der Waals surface area contributed by atoms with Gasteiger partial charge in [-0.1, -0.05) is 25.1 Å². The van der Waals surface area contributed by atoms with E-state index < -0.39 is 11.7 Å². The molecule has 0 amide bonds. The van der Waals surface area contributed by atoms with E-state index in [1.807, 2.05) is 6.92 Å². The van der Waals surface area contributed by atoms with E-state index in [0.29, 0.717) is 30.4 Å². The zero-order valence-electron chi connectivity index (χ0n) is 14.1. The molecule has 0 radical (unpaired) electrons. The first kappa shape index (κ1) is 17.9. The van der Waals surface area contributed by atoms with E-state index in [9.17, 15) is 13.2 Å². The lowest BCUT2D eigenvalue weighted by Gasteiger charge is -2.34. The summed E-state index contributed by atoms with van der Waals surface area (Å²) in [7, 11) is 0. The van der Waals surface area contributed by atoms with Crippen LogP contribution < -0.4 is 0 Å². The van der Waals surface area contributed by atoms with Crippen molar-refractivity contribution >= 4 is 0 Å². The van der Waals surface area contributed by atoms with Crippen LogP contribution in [0.5, 0.6) is 0 Å². The van der Waals surface area contributed by atoms with Crippen LogP contribution >= 0.6 is 0 Å². The third kappa shape index (κ3) is 4.79. The lowest BCUT2D eigenvalue weighted by atomic mass is 10.1. The van der Waals surface area contributed by atoms with Gasteiger partial charge in [0.1, 0.15) is 0 Å². The molecule has 0 saturated carbocycles. The third-order valence-corrected chi connectivity index (χ3v) is 4.30. The molecular weight excluding hydrogens is 333 g/mol. The van der Waals surface area contributed by atoms with E-state index in [0.717, 1.165) is 38.7 Å². The first-order valence-corrected chi connectivity index (χ1v) is 8.36. The Balaban J connectivity index is 1.51. The molecule has 0 spiro atoms. The maximum atomic E-state index is 12.8. The summed E-state index contributed by atoms with van der Waals surface area (Å²) in [5.74, 6) is 1.25. The highest BCUT2D eigenvalue weighted by atomic mass is 19.4. The van der Waals surface area contributed by atoms with Gasteiger partial charge in [-0.05, 0) is 11.6 Å². The lowest BCUT2D eigenvalue weighted by molar-refractivity contribution is -0.137. The van der Waals surface area contributed by atoms with Crippen LogP contribution in [-0.2, 0) is 25.7 Å². The quantitative estimate of drug-likeness (QED) is 0.826. The van der Waals surface area contributed by atoms with Crippen molar-refractivity contribution in [2.24, 2.45) is 0 Å². The fraction of sp³-hybridized carbons (Fsp3) is 0.529. The Kier molecular flexibility index (Phi) is 5.39. The zero-order valence-corrected chi connectivity index (χ0v) is 14.1. The predicted molar refractivity (Wildman–Crippen MR) is 85.7 cm³/mol. The molecule has 2 aromatic rings. The van der Waals surface area contributed by atoms with Crippen molar-refractivity contribution in [2.75, 3.05) is 26.2 Å². The minimum atomic E-state index is -4.30. The number of aryl methyl sites for hydroxylation is 1. The molecule has 2 heterocycles. The Labute approximate surface area is 144 Å². The van der Waals surface area contributed by atoms with Crippen LogP contribution in [0, 0.1) is 0 Å². The average Bonchev–Trinajstić information content (AvgIpc) is 3.04. The number of piperazine rings is 1. The number of benzene rings is 1. The van der Waals surface area contributed by atoms with Crippen molar-refractivity contribution in [3.8, 4) is 0 Å². The van der Waals surface area contributed by atoms with Crippen molar-refractivity contribution in [3.63, 3.8) is 0 Å². The van der Waals surface area contributed by atoms with Crippen LogP contribution in [-0.4, -0.2) is 46.2 Å². The van der Waals surface area contributed by atoms with Crippen LogP contribution in [0.3, 0.4) is 0 Å². The van der Waals surface area contributed by atoms with E-state index in [4.69, 9.17) is 4.42 Å². The highest BCUT2D eigenvalue weighted by molar-refractivity contribution is 5.25. The second kappa shape index (κ2) is 7.53. The Hall–Kier alpha value is -1.93. The number of halogens is 3. The Bertz CT molecular complexity index is 693. The van der Waals surface area contributed by atoms with E-state index >= 15 is 0 Å². The predicted octanol–water partition coefficient (Wildman–Crippen LogP) is 2.97. The van der Waals surface area contributed by atoms with Crippen molar-refractivity contribution < 1.29 is 17.6 Å². The molecule has 0 bridgehead atoms. The van der Waals surface area contributed by atoms with Gasteiger partial charge in [0.2, 0.25) is 11.8 Å². The molecule has 1 aliphatic rings. The molecule has 0 aliphatic carbocycles. The standard InChI is InChI=1S/C17H21F3N4O/c1-2-15-21-22-16(25-15)12-24-8-6-23(7-9-24)11-13-4-3-5-14(10-13)17(18,19)20/h3-5,10H,2,6-9,11-12H2,1H3. The number of rotatable bonds is 5. The van der Waals surface area contributed by atoms with Crippen molar-refractivity contribution in [1.82, 2.24) is 20.0 Å². The summed E-state index contributed by atoms with van der Waals surface area (Å²) in [5, 5.41) is 7.98. The molecule has 1 fully saturated rings. The molecule has 1 aromatic carbocycles. The number of alkyl halides is 3. The second-order valence-corrected chi connectivity index (χ2v) is 6.19. The van der Waals surface area contributed by atoms with Gasteiger partial charge < -0.3 is 4.42 Å². The maximum Gasteiger partial charge on any atom is 0.416 e. The van der Waals surface area contributed by atoms with Gasteiger partial charge in [-0.15, -0.1) is 10.2 Å². The third-order valence-electron chi connectivity index (χ3n) is 4.30. The monoisotopic (exact) mass is 354 g/mol. The Morgan fingerprint density at radius 1 is 1.00 bits per heavy atom. The van der Waals surface area contributed by atoms with E-state index in [2.05, 4.69) is 20.0 Å². The molecule has 3 rings (SSSR count). The van der Waals surface area contributed by atoms with Gasteiger partial charge in [-0.3, -0.25) is 9.80 Å². The topological polar surface area (TPSA) is 45.4 Å². The normalized spacial score (nSPS) is 17.1. The van der Waals surface area contributed by atoms with Crippen LogP contribution in [0.2, 0.25) is 0 Å². The zero-order chi connectivity index (χ0) is 17.9. The molecule has 1 aliphatic heterocycles. The van der Waals surface area contributed by atoms with E-state index in [1.165, 1.54) is 12.1 Å². The minimum absolute atomic E-state index is 0.526. The number of hydrogen-bond acceptors (Lipinski definition) is 5. The fourth-order valence-corrected chi connectivity index (χ4v) is 2.90. The highest BCUT2D eigenvalue weighted by Gasteiger charge is 2.30. The summed E-state index contributed by atoms with van der Waals surface area (Å²) in [6, 6.07) is 5.55. The summed E-state index contributed by atoms with van der Waals surface area (Å²) in [6.45, 7) is 6.34. The molecule has 0 unspecified atom stereocenters. The van der Waals surface area contributed by atoms with Gasteiger partial charge >= 0.3 is 6.18 Å². The second-order valence-electron chi connectivity index (χ2n) is 6.19. The largest absolute Gasteiger partial charge is 0.424 e. The molecule has 5 nitrogen and oxygen atoms in total. The smallest absolute Gasteiger partial charge is 0.416 e. The summed E-state index contributed by atoms with van der Waals surface area (Å²) in [4.78, 5) is 4.38. The molecular formula is C17H21F3N4O. The summed E-state index contributed by atoms with van der Waals surface area (Å²) in [5.41, 5.74) is 0.0968. The summed E-state index contributed by atoms with van der Waals surface area (Å²) in [6.07, 6.45) is -3.58. The number of hydrogen-bond donors (Lipinski definition) is 0. The van der Waals surface area contributed by atoms with Crippen LogP contribution in [0.1, 0.15) is 29.8 Å². The van der Waals surface area contributed by atoms with Crippen molar-refractivity contribution in [2.45, 2.75) is 32.6 Å². The Morgan fingerprint density at radius 3 is 2.24 bits per heavy atom. The first-order chi connectivity index (χ1) is 11.9. The van der Waals surface area contributed by atoms with E-state index in [1.54, 1.807) is 6.07 Å².